The molecule has 2 heterocycles. The van der Waals surface area contributed by atoms with Crippen LogP contribution in [0, 0.1) is 0 Å². The van der Waals surface area contributed by atoms with E-state index in [4.69, 9.17) is 0 Å². The molecule has 0 aliphatic heterocycles. The summed E-state index contributed by atoms with van der Waals surface area (Å²) in [6.07, 6.45) is 7.52. The van der Waals surface area contributed by atoms with Crippen LogP contribution in [0.1, 0.15) is 102 Å². The predicted octanol–water partition coefficient (Wildman–Crippen LogP) is 10.1. The number of anilines is 4. The Bertz CT molecular complexity index is 2210. The molecule has 14 heteroatoms. The minimum atomic E-state index is -0.701. The van der Waals surface area contributed by atoms with Crippen molar-refractivity contribution in [1.29, 1.82) is 0 Å². The van der Waals surface area contributed by atoms with Crippen LogP contribution in [0.25, 0.3) is 10.8 Å². The van der Waals surface area contributed by atoms with Gasteiger partial charge in [-0.05, 0) is 78.6 Å². The Balaban J connectivity index is 1.38. The molecular weight excluding hydrogens is 685 g/mol. The first-order valence-corrected chi connectivity index (χ1v) is 18.6. The molecule has 0 saturated carbocycles. The van der Waals surface area contributed by atoms with Crippen LogP contribution >= 0.6 is 0 Å². The van der Waals surface area contributed by atoms with Crippen LogP contribution in [-0.2, 0) is 0 Å². The lowest BCUT2D eigenvalue weighted by Gasteiger charge is -2.16. The number of unbranched alkanes of at least 4 members (excludes halogenated alkanes) is 2. The highest BCUT2D eigenvalue weighted by Crippen LogP contribution is 2.32. The van der Waals surface area contributed by atoms with Gasteiger partial charge in [0.15, 0.2) is 0 Å². The van der Waals surface area contributed by atoms with Gasteiger partial charge in [-0.2, -0.15) is 15.1 Å². The van der Waals surface area contributed by atoms with E-state index >= 15 is 0 Å². The van der Waals surface area contributed by atoms with E-state index < -0.39 is 23.2 Å². The van der Waals surface area contributed by atoms with Crippen LogP contribution in [0.4, 0.5) is 44.2 Å². The summed E-state index contributed by atoms with van der Waals surface area (Å²) in [6.45, 7) is 8.33. The lowest BCUT2D eigenvalue weighted by Crippen LogP contribution is -2.25. The zero-order valence-corrected chi connectivity index (χ0v) is 31.2. The summed E-state index contributed by atoms with van der Waals surface area (Å²) in [5.74, 6) is 0.267. The number of hydrogen-bond acceptors (Lipinski definition) is 8. The van der Waals surface area contributed by atoms with Crippen LogP contribution in [0.15, 0.2) is 92.6 Å². The molecule has 2 unspecified atom stereocenters. The van der Waals surface area contributed by atoms with Gasteiger partial charge in [0.2, 0.25) is 11.9 Å². The second kappa shape index (κ2) is 19.1. The second-order valence-corrected chi connectivity index (χ2v) is 13.2. The lowest BCUT2D eigenvalue weighted by molar-refractivity contribution is 0.261. The van der Waals surface area contributed by atoms with Gasteiger partial charge >= 0.3 is 12.1 Å². The number of fused-ring (bicyclic) bond motifs is 1. The Hall–Kier alpha value is -6.18. The zero-order chi connectivity index (χ0) is 38.5. The summed E-state index contributed by atoms with van der Waals surface area (Å²) in [4.78, 5) is 65.5. The number of aromatic amines is 2. The van der Waals surface area contributed by atoms with E-state index in [1.165, 1.54) is 18.2 Å². The number of nitrogens with one attached hydrogen (secondary N) is 6. The number of azo groups is 1. The van der Waals surface area contributed by atoms with Crippen molar-refractivity contribution >= 4 is 57.5 Å². The van der Waals surface area contributed by atoms with Gasteiger partial charge in [0, 0.05) is 29.2 Å². The number of hydrogen-bond donors (Lipinski definition) is 6. The summed E-state index contributed by atoms with van der Waals surface area (Å²) in [5, 5.41) is 21.6. The molecule has 2 atom stereocenters. The molecule has 5 aromatic rings. The van der Waals surface area contributed by atoms with Gasteiger partial charge in [0.25, 0.3) is 11.1 Å². The maximum atomic E-state index is 13.4. The number of rotatable bonds is 16. The molecule has 0 radical (unpaired) electrons. The van der Waals surface area contributed by atoms with Crippen molar-refractivity contribution < 1.29 is 9.59 Å². The summed E-state index contributed by atoms with van der Waals surface area (Å²) < 4.78 is 0. The van der Waals surface area contributed by atoms with Gasteiger partial charge in [0.05, 0.1) is 11.4 Å². The largest absolute Gasteiger partial charge is 0.329 e. The molecule has 6 N–H and O–H groups in total. The Morgan fingerprint density at radius 2 is 1.22 bits per heavy atom. The average Bonchev–Trinajstić information content (AvgIpc) is 3.14. The van der Waals surface area contributed by atoms with Gasteiger partial charge in [-0.25, -0.2) is 9.59 Å². The third kappa shape index (κ3) is 10.9. The Labute approximate surface area is 313 Å². The van der Waals surface area contributed by atoms with E-state index in [0.717, 1.165) is 62.1 Å². The summed E-state index contributed by atoms with van der Waals surface area (Å²) >= 11 is 0. The first kappa shape index (κ1) is 39.0. The van der Waals surface area contributed by atoms with E-state index in [0.29, 0.717) is 28.5 Å². The number of nitrogens with zero attached hydrogens (tertiary/aromatic N) is 4. The summed E-state index contributed by atoms with van der Waals surface area (Å²) in [5.41, 5.74) is 1.89. The molecule has 4 amide bonds. The van der Waals surface area contributed by atoms with Crippen LogP contribution in [0.2, 0.25) is 0 Å². The third-order valence-electron chi connectivity index (χ3n) is 9.18. The van der Waals surface area contributed by atoms with Gasteiger partial charge < -0.3 is 20.6 Å². The molecule has 0 saturated heterocycles. The molecule has 0 bridgehead atoms. The van der Waals surface area contributed by atoms with Gasteiger partial charge in [-0.3, -0.25) is 20.2 Å². The minimum Gasteiger partial charge on any atom is -0.329 e. The van der Waals surface area contributed by atoms with E-state index in [2.05, 4.69) is 79.1 Å². The van der Waals surface area contributed by atoms with Crippen LogP contribution in [0.5, 0.6) is 0 Å². The minimum absolute atomic E-state index is 0.00155. The van der Waals surface area contributed by atoms with E-state index in [1.807, 2.05) is 42.5 Å². The normalized spacial score (nSPS) is 12.4. The number of H-pyrrole nitrogens is 2. The van der Waals surface area contributed by atoms with Crippen molar-refractivity contribution in [3.8, 4) is 0 Å². The van der Waals surface area contributed by atoms with Gasteiger partial charge in [0.1, 0.15) is 5.69 Å². The van der Waals surface area contributed by atoms with E-state index in [1.54, 1.807) is 12.1 Å². The number of carbonyl (C=O) groups is 2. The van der Waals surface area contributed by atoms with Crippen LogP contribution in [0.3, 0.4) is 0 Å². The predicted molar refractivity (Wildman–Crippen MR) is 215 cm³/mol. The SMILES string of the molecule is CCCCC(CC)c1cc(=O)nc(NC(=O)Nc2ccc(/N=N/c3ccc4ccccc4c3)c(NC(=O)Nc3nc(=O)cc(C(CC)CCCC)[nH]3)c2)[nH]1. The monoisotopic (exact) mass is 732 g/mol. The fourth-order valence-electron chi connectivity index (χ4n) is 6.25. The van der Waals surface area contributed by atoms with Crippen molar-refractivity contribution in [3.05, 3.63) is 105 Å². The van der Waals surface area contributed by atoms with Crippen molar-refractivity contribution in [3.63, 3.8) is 0 Å². The number of carbonyl (C=O) groups excluding carboxylic acids is 2. The first-order chi connectivity index (χ1) is 26.2. The first-order valence-electron chi connectivity index (χ1n) is 18.6. The maximum absolute atomic E-state index is 13.4. The third-order valence-corrected chi connectivity index (χ3v) is 9.18. The average molecular weight is 733 g/mol. The second-order valence-electron chi connectivity index (χ2n) is 13.2. The maximum Gasteiger partial charge on any atom is 0.326 e. The zero-order valence-electron chi connectivity index (χ0n) is 31.2. The highest BCUT2D eigenvalue weighted by molar-refractivity contribution is 6.03. The van der Waals surface area contributed by atoms with Crippen molar-refractivity contribution in [1.82, 2.24) is 19.9 Å². The molecule has 3 aromatic carbocycles. The number of aromatic nitrogens is 4. The molecular formula is C40H48N10O4. The van der Waals surface area contributed by atoms with Crippen molar-refractivity contribution in [2.75, 3.05) is 21.3 Å². The standard InChI is InChI=1S/C40H48N10O4/c1-5-9-13-25(7-3)32-23-35(51)45-37(42-32)47-39(53)41-29-19-20-31(50-49-30-18-17-27-15-11-12-16-28(27)21-30)34(22-29)44-40(54)48-38-43-33(24-36(52)46-38)26(8-4)14-10-6-2/h11-12,15-26H,5-10,13-14H2,1-4H3,(H3,41,42,45,47,51,53)(H3,43,44,46,48,52,54)/b50-49+. The fourth-order valence-corrected chi connectivity index (χ4v) is 6.25. The van der Waals surface area contributed by atoms with E-state index in [9.17, 15) is 19.2 Å². The highest BCUT2D eigenvalue weighted by Gasteiger charge is 2.16. The quantitative estimate of drug-likeness (QED) is 0.0545. The highest BCUT2D eigenvalue weighted by atomic mass is 16.2. The number of benzene rings is 3. The van der Waals surface area contributed by atoms with Gasteiger partial charge in [-0.1, -0.05) is 83.7 Å². The molecule has 0 aliphatic rings. The Morgan fingerprint density at radius 3 is 1.80 bits per heavy atom. The molecule has 14 nitrogen and oxygen atoms in total. The molecule has 2 aromatic heterocycles. The van der Waals surface area contributed by atoms with Crippen molar-refractivity contribution in [2.24, 2.45) is 10.2 Å². The summed E-state index contributed by atoms with van der Waals surface area (Å²) in [6, 6.07) is 19.9. The van der Waals surface area contributed by atoms with Crippen molar-refractivity contribution in [2.45, 2.75) is 90.9 Å². The van der Waals surface area contributed by atoms with Crippen LogP contribution < -0.4 is 32.4 Å². The molecule has 54 heavy (non-hydrogen) atoms. The molecule has 0 aliphatic carbocycles. The van der Waals surface area contributed by atoms with E-state index in [-0.39, 0.29) is 29.4 Å². The number of urea groups is 2. The van der Waals surface area contributed by atoms with Gasteiger partial charge in [-0.15, -0.1) is 5.11 Å². The fraction of sp³-hybridized carbons (Fsp3) is 0.350. The topological polar surface area (TPSA) is 198 Å². The summed E-state index contributed by atoms with van der Waals surface area (Å²) in [7, 11) is 0. The Kier molecular flexibility index (Phi) is 13.8. The Morgan fingerprint density at radius 1 is 0.648 bits per heavy atom. The molecule has 282 valence electrons. The molecule has 0 spiro atoms. The molecule has 5 rings (SSSR count). The smallest absolute Gasteiger partial charge is 0.326 e. The molecule has 0 fully saturated rings. The lowest BCUT2D eigenvalue weighted by atomic mass is 9.96. The van der Waals surface area contributed by atoms with Crippen LogP contribution in [-0.4, -0.2) is 32.0 Å². The number of amides is 4.